The predicted molar refractivity (Wildman–Crippen MR) is 104 cm³/mol. The molecule has 1 saturated heterocycles. The van der Waals surface area contributed by atoms with Gasteiger partial charge in [-0.3, -0.25) is 0 Å². The highest BCUT2D eigenvalue weighted by atomic mass is 19.1. The predicted octanol–water partition coefficient (Wildman–Crippen LogP) is 4.30. The molecule has 1 aliphatic heterocycles. The van der Waals surface area contributed by atoms with Crippen LogP contribution in [0.3, 0.4) is 0 Å². The van der Waals surface area contributed by atoms with Crippen molar-refractivity contribution >= 4 is 0 Å². The first-order valence-electron chi connectivity index (χ1n) is 9.51. The van der Waals surface area contributed by atoms with Gasteiger partial charge in [0.05, 0.1) is 11.7 Å². The van der Waals surface area contributed by atoms with Crippen molar-refractivity contribution in [2.75, 3.05) is 13.2 Å². The molecule has 0 aliphatic carbocycles. The SMILES string of the molecule is NC(c1nc(-c2cc(F)ccc2F)cn1Cc1ccccc1)C1CCOCC1. The molecule has 1 aliphatic rings. The van der Waals surface area contributed by atoms with Crippen LogP contribution >= 0.6 is 0 Å². The standard InChI is InChI=1S/C22H23F2N3O/c23-17-6-7-19(24)18(12-17)20-14-27(13-15-4-2-1-3-5-15)22(26-20)21(25)16-8-10-28-11-9-16/h1-7,12,14,16,21H,8-11,13,25H2. The summed E-state index contributed by atoms with van der Waals surface area (Å²) in [5.74, 6) is -0.0634. The lowest BCUT2D eigenvalue weighted by Crippen LogP contribution is -2.29. The van der Waals surface area contributed by atoms with Gasteiger partial charge in [-0.05, 0) is 42.5 Å². The molecule has 1 unspecified atom stereocenters. The zero-order chi connectivity index (χ0) is 19.5. The number of nitrogens with zero attached hydrogens (tertiary/aromatic N) is 2. The summed E-state index contributed by atoms with van der Waals surface area (Å²) in [4.78, 5) is 4.64. The lowest BCUT2D eigenvalue weighted by Gasteiger charge is -2.27. The summed E-state index contributed by atoms with van der Waals surface area (Å²) in [6.45, 7) is 1.93. The molecule has 4 nitrogen and oxygen atoms in total. The second-order valence-electron chi connectivity index (χ2n) is 7.20. The van der Waals surface area contributed by atoms with Crippen LogP contribution in [0.15, 0.2) is 54.7 Å². The van der Waals surface area contributed by atoms with Gasteiger partial charge in [0.2, 0.25) is 0 Å². The van der Waals surface area contributed by atoms with E-state index in [4.69, 9.17) is 10.5 Å². The molecule has 1 aromatic heterocycles. The Morgan fingerprint density at radius 3 is 2.61 bits per heavy atom. The van der Waals surface area contributed by atoms with E-state index < -0.39 is 11.6 Å². The van der Waals surface area contributed by atoms with Crippen LogP contribution in [-0.2, 0) is 11.3 Å². The Morgan fingerprint density at radius 1 is 1.11 bits per heavy atom. The summed E-state index contributed by atoms with van der Waals surface area (Å²) in [7, 11) is 0. The van der Waals surface area contributed by atoms with Gasteiger partial charge in [-0.15, -0.1) is 0 Å². The van der Waals surface area contributed by atoms with Crippen LogP contribution in [0.2, 0.25) is 0 Å². The molecule has 1 fully saturated rings. The Kier molecular flexibility index (Phi) is 5.50. The Bertz CT molecular complexity index is 936. The Labute approximate surface area is 163 Å². The van der Waals surface area contributed by atoms with Crippen molar-refractivity contribution in [2.24, 2.45) is 11.7 Å². The Hall–Kier alpha value is -2.57. The van der Waals surface area contributed by atoms with Crippen LogP contribution in [-0.4, -0.2) is 22.8 Å². The van der Waals surface area contributed by atoms with Crippen molar-refractivity contribution in [1.29, 1.82) is 0 Å². The quantitative estimate of drug-likeness (QED) is 0.715. The molecule has 4 rings (SSSR count). The normalized spacial score (nSPS) is 16.2. The number of benzene rings is 2. The molecule has 0 amide bonds. The second kappa shape index (κ2) is 8.20. The monoisotopic (exact) mass is 383 g/mol. The maximum Gasteiger partial charge on any atom is 0.132 e. The van der Waals surface area contributed by atoms with E-state index >= 15 is 0 Å². The van der Waals surface area contributed by atoms with E-state index in [1.165, 1.54) is 6.07 Å². The van der Waals surface area contributed by atoms with E-state index in [1.54, 1.807) is 6.20 Å². The first kappa shape index (κ1) is 18.8. The average molecular weight is 383 g/mol. The number of hydrogen-bond acceptors (Lipinski definition) is 3. The van der Waals surface area contributed by atoms with Gasteiger partial charge in [0.25, 0.3) is 0 Å². The van der Waals surface area contributed by atoms with E-state index in [0.717, 1.165) is 30.5 Å². The second-order valence-corrected chi connectivity index (χ2v) is 7.20. The third kappa shape index (κ3) is 3.98. The van der Waals surface area contributed by atoms with Crippen LogP contribution in [0.1, 0.15) is 30.3 Å². The maximum atomic E-state index is 14.3. The highest BCUT2D eigenvalue weighted by Crippen LogP contribution is 2.31. The van der Waals surface area contributed by atoms with E-state index in [0.29, 0.717) is 31.3 Å². The summed E-state index contributed by atoms with van der Waals surface area (Å²) < 4.78 is 35.4. The highest BCUT2D eigenvalue weighted by Gasteiger charge is 2.27. The van der Waals surface area contributed by atoms with E-state index in [-0.39, 0.29) is 17.5 Å². The van der Waals surface area contributed by atoms with Crippen molar-refractivity contribution in [3.63, 3.8) is 0 Å². The number of imidazole rings is 1. The Balaban J connectivity index is 1.73. The van der Waals surface area contributed by atoms with Crippen molar-refractivity contribution in [1.82, 2.24) is 9.55 Å². The lowest BCUT2D eigenvalue weighted by atomic mass is 9.92. The molecule has 0 radical (unpaired) electrons. The van der Waals surface area contributed by atoms with Gasteiger partial charge < -0.3 is 15.0 Å². The lowest BCUT2D eigenvalue weighted by molar-refractivity contribution is 0.0571. The van der Waals surface area contributed by atoms with Gasteiger partial charge in [-0.1, -0.05) is 30.3 Å². The number of ether oxygens (including phenoxy) is 1. The van der Waals surface area contributed by atoms with E-state index in [1.807, 2.05) is 34.9 Å². The van der Waals surface area contributed by atoms with Crippen molar-refractivity contribution in [2.45, 2.75) is 25.4 Å². The molecule has 0 bridgehead atoms. The number of hydrogen-bond donors (Lipinski definition) is 1. The van der Waals surface area contributed by atoms with Crippen molar-refractivity contribution < 1.29 is 13.5 Å². The van der Waals surface area contributed by atoms with Crippen LogP contribution < -0.4 is 5.73 Å². The Morgan fingerprint density at radius 2 is 1.86 bits per heavy atom. The molecule has 2 heterocycles. The highest BCUT2D eigenvalue weighted by molar-refractivity contribution is 5.59. The fourth-order valence-corrected chi connectivity index (χ4v) is 3.71. The zero-order valence-corrected chi connectivity index (χ0v) is 15.5. The minimum atomic E-state index is -0.503. The van der Waals surface area contributed by atoms with Crippen molar-refractivity contribution in [3.8, 4) is 11.3 Å². The summed E-state index contributed by atoms with van der Waals surface area (Å²) in [6, 6.07) is 13.0. The molecule has 2 aromatic carbocycles. The summed E-state index contributed by atoms with van der Waals surface area (Å²) in [5, 5.41) is 0. The third-order valence-corrected chi connectivity index (χ3v) is 5.28. The molecule has 1 atom stereocenters. The van der Waals surface area contributed by atoms with Gasteiger partial charge in [-0.2, -0.15) is 0 Å². The third-order valence-electron chi connectivity index (χ3n) is 5.28. The van der Waals surface area contributed by atoms with Gasteiger partial charge in [-0.25, -0.2) is 13.8 Å². The van der Waals surface area contributed by atoms with Gasteiger partial charge in [0.15, 0.2) is 0 Å². The van der Waals surface area contributed by atoms with E-state index in [9.17, 15) is 8.78 Å². The first-order valence-corrected chi connectivity index (χ1v) is 9.51. The molecule has 0 saturated carbocycles. The molecule has 146 valence electrons. The average Bonchev–Trinajstić information content (AvgIpc) is 3.14. The molecular weight excluding hydrogens is 360 g/mol. The minimum absolute atomic E-state index is 0.146. The zero-order valence-electron chi connectivity index (χ0n) is 15.5. The smallest absolute Gasteiger partial charge is 0.132 e. The molecule has 28 heavy (non-hydrogen) atoms. The summed E-state index contributed by atoms with van der Waals surface area (Å²) in [6.07, 6.45) is 3.49. The molecule has 0 spiro atoms. The fourth-order valence-electron chi connectivity index (χ4n) is 3.71. The molecule has 3 aromatic rings. The topological polar surface area (TPSA) is 53.1 Å². The van der Waals surface area contributed by atoms with Crippen LogP contribution in [0.25, 0.3) is 11.3 Å². The van der Waals surface area contributed by atoms with Gasteiger partial charge in [0.1, 0.15) is 17.5 Å². The molecule has 6 heteroatoms. The number of aromatic nitrogens is 2. The molecular formula is C22H23F2N3O. The number of halogens is 2. The molecule has 2 N–H and O–H groups in total. The van der Waals surface area contributed by atoms with Gasteiger partial charge >= 0.3 is 0 Å². The van der Waals surface area contributed by atoms with Gasteiger partial charge in [0, 0.05) is 31.5 Å². The largest absolute Gasteiger partial charge is 0.381 e. The van der Waals surface area contributed by atoms with E-state index in [2.05, 4.69) is 4.98 Å². The van der Waals surface area contributed by atoms with Crippen LogP contribution in [0.5, 0.6) is 0 Å². The first-order chi connectivity index (χ1) is 13.6. The number of nitrogens with two attached hydrogens (primary N) is 1. The maximum absolute atomic E-state index is 14.3. The summed E-state index contributed by atoms with van der Waals surface area (Å²) >= 11 is 0. The number of rotatable bonds is 5. The summed E-state index contributed by atoms with van der Waals surface area (Å²) in [5.41, 5.74) is 8.21. The van der Waals surface area contributed by atoms with Crippen LogP contribution in [0.4, 0.5) is 8.78 Å². The van der Waals surface area contributed by atoms with Crippen molar-refractivity contribution in [3.05, 3.63) is 77.8 Å². The fraction of sp³-hybridized carbons (Fsp3) is 0.318. The van der Waals surface area contributed by atoms with Crippen LogP contribution in [0, 0.1) is 17.6 Å². The minimum Gasteiger partial charge on any atom is -0.381 e.